The van der Waals surface area contributed by atoms with Crippen molar-refractivity contribution in [3.05, 3.63) is 54.4 Å². The minimum atomic E-state index is -3.67. The first-order valence-corrected chi connectivity index (χ1v) is 9.33. The van der Waals surface area contributed by atoms with Gasteiger partial charge in [0.05, 0.1) is 10.5 Å². The van der Waals surface area contributed by atoms with E-state index in [0.717, 1.165) is 19.3 Å². The quantitative estimate of drug-likeness (QED) is 0.923. The van der Waals surface area contributed by atoms with E-state index in [2.05, 4.69) is 10.3 Å². The standard InChI is InChI=1S/C17H19N3O3S/c21-17(19-14-8-10-18-11-9-14)15-6-2-3-7-16(15)24(22,23)20-12-4-1-5-13-20/h2-3,6-11H,1,4-5,12-13H2,(H,18,19,21). The summed E-state index contributed by atoms with van der Waals surface area (Å²) in [6.45, 7) is 1.01. The van der Waals surface area contributed by atoms with E-state index >= 15 is 0 Å². The maximum absolute atomic E-state index is 12.9. The van der Waals surface area contributed by atoms with Crippen LogP contribution in [0.2, 0.25) is 0 Å². The normalized spacial score (nSPS) is 15.8. The Hall–Kier alpha value is -2.25. The Bertz CT molecular complexity index is 816. The lowest BCUT2D eigenvalue weighted by atomic mass is 10.2. The zero-order chi connectivity index (χ0) is 17.0. The average molecular weight is 345 g/mol. The van der Waals surface area contributed by atoms with Gasteiger partial charge in [0.2, 0.25) is 10.0 Å². The van der Waals surface area contributed by atoms with Crippen LogP contribution in [0.4, 0.5) is 5.69 Å². The first kappa shape index (κ1) is 16.6. The van der Waals surface area contributed by atoms with E-state index in [1.54, 1.807) is 36.7 Å². The molecule has 24 heavy (non-hydrogen) atoms. The van der Waals surface area contributed by atoms with Crippen molar-refractivity contribution >= 4 is 21.6 Å². The van der Waals surface area contributed by atoms with Crippen molar-refractivity contribution in [1.29, 1.82) is 0 Å². The number of sulfonamides is 1. The number of piperidine rings is 1. The Balaban J connectivity index is 1.91. The van der Waals surface area contributed by atoms with Gasteiger partial charge in [-0.15, -0.1) is 0 Å². The highest BCUT2D eigenvalue weighted by molar-refractivity contribution is 7.89. The van der Waals surface area contributed by atoms with Gasteiger partial charge in [0.1, 0.15) is 0 Å². The minimum Gasteiger partial charge on any atom is -0.322 e. The number of anilines is 1. The Morgan fingerprint density at radius 1 is 1.00 bits per heavy atom. The van der Waals surface area contributed by atoms with Crippen LogP contribution in [0.3, 0.4) is 0 Å². The molecule has 3 rings (SSSR count). The van der Waals surface area contributed by atoms with Crippen LogP contribution in [-0.4, -0.2) is 36.7 Å². The van der Waals surface area contributed by atoms with E-state index < -0.39 is 15.9 Å². The molecule has 0 saturated carbocycles. The Kier molecular flexibility index (Phi) is 4.92. The van der Waals surface area contributed by atoms with Gasteiger partial charge in [-0.25, -0.2) is 8.42 Å². The van der Waals surface area contributed by atoms with Crippen LogP contribution in [0.1, 0.15) is 29.6 Å². The van der Waals surface area contributed by atoms with Gasteiger partial charge >= 0.3 is 0 Å². The first-order valence-electron chi connectivity index (χ1n) is 7.89. The zero-order valence-corrected chi connectivity index (χ0v) is 14.0. The fraction of sp³-hybridized carbons (Fsp3) is 0.294. The molecular formula is C17H19N3O3S. The summed E-state index contributed by atoms with van der Waals surface area (Å²) in [7, 11) is -3.67. The van der Waals surface area contributed by atoms with Gasteiger partial charge in [0.25, 0.3) is 5.91 Å². The van der Waals surface area contributed by atoms with Crippen molar-refractivity contribution in [2.75, 3.05) is 18.4 Å². The van der Waals surface area contributed by atoms with Gasteiger partial charge < -0.3 is 5.32 Å². The number of pyridine rings is 1. The first-order chi connectivity index (χ1) is 11.6. The third-order valence-electron chi connectivity index (χ3n) is 4.00. The molecule has 0 bridgehead atoms. The second-order valence-electron chi connectivity index (χ2n) is 5.65. The molecule has 1 saturated heterocycles. The van der Waals surface area contributed by atoms with Crippen molar-refractivity contribution < 1.29 is 13.2 Å². The predicted molar refractivity (Wildman–Crippen MR) is 91.2 cm³/mol. The van der Waals surface area contributed by atoms with Crippen molar-refractivity contribution in [3.8, 4) is 0 Å². The maximum atomic E-state index is 12.9. The molecule has 126 valence electrons. The summed E-state index contributed by atoms with van der Waals surface area (Å²) in [4.78, 5) is 16.5. The fourth-order valence-electron chi connectivity index (χ4n) is 2.76. The van der Waals surface area contributed by atoms with Gasteiger partial charge in [-0.3, -0.25) is 9.78 Å². The maximum Gasteiger partial charge on any atom is 0.257 e. The highest BCUT2D eigenvalue weighted by atomic mass is 32.2. The van der Waals surface area contributed by atoms with Crippen LogP contribution >= 0.6 is 0 Å². The van der Waals surface area contributed by atoms with Crippen molar-refractivity contribution in [1.82, 2.24) is 9.29 Å². The number of carbonyl (C=O) groups excluding carboxylic acids is 1. The molecule has 0 atom stereocenters. The fourth-order valence-corrected chi connectivity index (χ4v) is 4.46. The summed E-state index contributed by atoms with van der Waals surface area (Å²) in [5.41, 5.74) is 0.722. The number of amides is 1. The second-order valence-corrected chi connectivity index (χ2v) is 7.56. The van der Waals surface area contributed by atoms with E-state index in [1.807, 2.05) is 0 Å². The molecule has 0 unspecified atom stereocenters. The number of carbonyl (C=O) groups is 1. The molecule has 1 aliphatic rings. The van der Waals surface area contributed by atoms with Gasteiger partial charge in [-0.1, -0.05) is 18.6 Å². The largest absolute Gasteiger partial charge is 0.322 e. The van der Waals surface area contributed by atoms with E-state index in [-0.39, 0.29) is 10.5 Å². The topological polar surface area (TPSA) is 79.4 Å². The van der Waals surface area contributed by atoms with Crippen LogP contribution in [0.15, 0.2) is 53.7 Å². The molecule has 0 radical (unpaired) electrons. The molecule has 1 aromatic carbocycles. The SMILES string of the molecule is O=C(Nc1ccncc1)c1ccccc1S(=O)(=O)N1CCCCC1. The number of rotatable bonds is 4. The third kappa shape index (κ3) is 3.47. The highest BCUT2D eigenvalue weighted by Gasteiger charge is 2.29. The molecule has 1 aromatic heterocycles. The van der Waals surface area contributed by atoms with E-state index in [0.29, 0.717) is 18.8 Å². The van der Waals surface area contributed by atoms with Crippen molar-refractivity contribution in [2.45, 2.75) is 24.2 Å². The van der Waals surface area contributed by atoms with Gasteiger partial charge in [-0.05, 0) is 37.1 Å². The number of nitrogens with zero attached hydrogens (tertiary/aromatic N) is 2. The molecule has 1 N–H and O–H groups in total. The second kappa shape index (κ2) is 7.11. The van der Waals surface area contributed by atoms with Gasteiger partial charge in [-0.2, -0.15) is 4.31 Å². The van der Waals surface area contributed by atoms with Crippen LogP contribution in [0.25, 0.3) is 0 Å². The van der Waals surface area contributed by atoms with Crippen LogP contribution in [-0.2, 0) is 10.0 Å². The number of nitrogens with one attached hydrogen (secondary N) is 1. The number of hydrogen-bond acceptors (Lipinski definition) is 4. The Morgan fingerprint density at radius 2 is 1.67 bits per heavy atom. The molecule has 0 spiro atoms. The number of hydrogen-bond donors (Lipinski definition) is 1. The van der Waals surface area contributed by atoms with Crippen molar-refractivity contribution in [3.63, 3.8) is 0 Å². The summed E-state index contributed by atoms with van der Waals surface area (Å²) in [5.74, 6) is -0.447. The Labute approximate surface area is 141 Å². The molecule has 6 nitrogen and oxygen atoms in total. The summed E-state index contributed by atoms with van der Waals surface area (Å²) in [5, 5.41) is 2.71. The molecule has 0 aliphatic carbocycles. The summed E-state index contributed by atoms with van der Waals surface area (Å²) >= 11 is 0. The lowest BCUT2D eigenvalue weighted by Gasteiger charge is -2.26. The van der Waals surface area contributed by atoms with E-state index in [1.165, 1.54) is 16.4 Å². The molecule has 1 aliphatic heterocycles. The molecule has 7 heteroatoms. The lowest BCUT2D eigenvalue weighted by Crippen LogP contribution is -2.36. The van der Waals surface area contributed by atoms with Gasteiger partial charge in [0, 0.05) is 31.2 Å². The van der Waals surface area contributed by atoms with E-state index in [9.17, 15) is 13.2 Å². The molecule has 2 heterocycles. The summed E-state index contributed by atoms with van der Waals surface area (Å²) in [6.07, 6.45) is 5.86. The highest BCUT2D eigenvalue weighted by Crippen LogP contribution is 2.24. The monoisotopic (exact) mass is 345 g/mol. The summed E-state index contributed by atoms with van der Waals surface area (Å²) in [6, 6.07) is 9.63. The summed E-state index contributed by atoms with van der Waals surface area (Å²) < 4.78 is 27.3. The van der Waals surface area contributed by atoms with Gasteiger partial charge in [0.15, 0.2) is 0 Å². The van der Waals surface area contributed by atoms with Crippen molar-refractivity contribution in [2.24, 2.45) is 0 Å². The number of aromatic nitrogens is 1. The predicted octanol–water partition coefficient (Wildman–Crippen LogP) is 2.51. The molecular weight excluding hydrogens is 326 g/mol. The minimum absolute atomic E-state index is 0.0541. The smallest absolute Gasteiger partial charge is 0.257 e. The molecule has 1 amide bonds. The lowest BCUT2D eigenvalue weighted by molar-refractivity contribution is 0.102. The molecule has 1 fully saturated rings. The Morgan fingerprint density at radius 3 is 2.38 bits per heavy atom. The average Bonchev–Trinajstić information content (AvgIpc) is 2.63. The zero-order valence-electron chi connectivity index (χ0n) is 13.2. The van der Waals surface area contributed by atoms with Crippen LogP contribution in [0, 0.1) is 0 Å². The number of benzene rings is 1. The third-order valence-corrected chi connectivity index (χ3v) is 5.96. The van der Waals surface area contributed by atoms with E-state index in [4.69, 9.17) is 0 Å². The molecule has 2 aromatic rings. The van der Waals surface area contributed by atoms with Crippen LogP contribution < -0.4 is 5.32 Å². The van der Waals surface area contributed by atoms with Crippen LogP contribution in [0.5, 0.6) is 0 Å².